The monoisotopic (exact) mass is 285 g/mol. The highest BCUT2D eigenvalue weighted by atomic mass is 19.1. The van der Waals surface area contributed by atoms with E-state index in [2.05, 4.69) is 5.32 Å². The minimum absolute atomic E-state index is 0.106. The average molecular weight is 285 g/mol. The van der Waals surface area contributed by atoms with Crippen LogP contribution in [0.5, 0.6) is 0 Å². The van der Waals surface area contributed by atoms with Gasteiger partial charge in [0, 0.05) is 12.6 Å². The van der Waals surface area contributed by atoms with Gasteiger partial charge in [0.2, 0.25) is 0 Å². The van der Waals surface area contributed by atoms with Crippen LogP contribution >= 0.6 is 0 Å². The second-order valence-electron chi connectivity index (χ2n) is 5.72. The van der Waals surface area contributed by atoms with Crippen molar-refractivity contribution in [2.24, 2.45) is 0 Å². The SMILES string of the molecule is OC(CNC1CC(c2ccccc2F)C1)c1ccccc1. The predicted molar refractivity (Wildman–Crippen MR) is 81.6 cm³/mol. The smallest absolute Gasteiger partial charge is 0.126 e. The summed E-state index contributed by atoms with van der Waals surface area (Å²) in [5.41, 5.74) is 1.74. The van der Waals surface area contributed by atoms with Crippen molar-refractivity contribution in [1.82, 2.24) is 5.32 Å². The lowest BCUT2D eigenvalue weighted by Gasteiger charge is -2.37. The Balaban J connectivity index is 1.46. The summed E-state index contributed by atoms with van der Waals surface area (Å²) in [6, 6.07) is 17.0. The summed E-state index contributed by atoms with van der Waals surface area (Å²) in [7, 11) is 0. The quantitative estimate of drug-likeness (QED) is 0.882. The highest BCUT2D eigenvalue weighted by Crippen LogP contribution is 2.38. The standard InChI is InChI=1S/C18H20FNO/c19-17-9-5-4-8-16(17)14-10-15(11-14)20-12-18(21)13-6-2-1-3-7-13/h1-9,14-15,18,20-21H,10-12H2. The molecule has 0 amide bonds. The zero-order valence-electron chi connectivity index (χ0n) is 11.9. The summed E-state index contributed by atoms with van der Waals surface area (Å²) in [6.45, 7) is 0.540. The summed E-state index contributed by atoms with van der Waals surface area (Å²) in [5.74, 6) is 0.197. The van der Waals surface area contributed by atoms with E-state index in [4.69, 9.17) is 0 Å². The molecule has 0 bridgehead atoms. The van der Waals surface area contributed by atoms with Crippen molar-refractivity contribution >= 4 is 0 Å². The topological polar surface area (TPSA) is 32.3 Å². The Bertz CT molecular complexity index is 581. The van der Waals surface area contributed by atoms with Crippen LogP contribution in [-0.2, 0) is 0 Å². The van der Waals surface area contributed by atoms with Gasteiger partial charge < -0.3 is 10.4 Å². The Kier molecular flexibility index (Phi) is 4.32. The Morgan fingerprint density at radius 3 is 2.43 bits per heavy atom. The van der Waals surface area contributed by atoms with Crippen molar-refractivity contribution in [2.45, 2.75) is 30.9 Å². The molecule has 1 aliphatic carbocycles. The lowest BCUT2D eigenvalue weighted by atomic mass is 9.75. The summed E-state index contributed by atoms with van der Waals surface area (Å²) in [5, 5.41) is 13.5. The normalized spacial score (nSPS) is 22.6. The van der Waals surface area contributed by atoms with E-state index in [1.807, 2.05) is 42.5 Å². The molecular formula is C18H20FNO. The fraction of sp³-hybridized carbons (Fsp3) is 0.333. The lowest BCUT2D eigenvalue weighted by molar-refractivity contribution is 0.156. The molecule has 1 atom stereocenters. The molecule has 21 heavy (non-hydrogen) atoms. The van der Waals surface area contributed by atoms with Gasteiger partial charge in [0.05, 0.1) is 6.10 Å². The molecule has 1 saturated carbocycles. The van der Waals surface area contributed by atoms with Crippen molar-refractivity contribution in [3.8, 4) is 0 Å². The molecule has 0 spiro atoms. The first-order valence-electron chi connectivity index (χ1n) is 7.45. The molecule has 3 heteroatoms. The van der Waals surface area contributed by atoms with E-state index < -0.39 is 6.10 Å². The molecular weight excluding hydrogens is 265 g/mol. The molecule has 2 N–H and O–H groups in total. The molecule has 2 aromatic carbocycles. The molecule has 0 aliphatic heterocycles. The zero-order chi connectivity index (χ0) is 14.7. The molecule has 2 nitrogen and oxygen atoms in total. The first-order valence-corrected chi connectivity index (χ1v) is 7.45. The second-order valence-corrected chi connectivity index (χ2v) is 5.72. The largest absolute Gasteiger partial charge is 0.387 e. The van der Waals surface area contributed by atoms with Crippen LogP contribution in [0.4, 0.5) is 4.39 Å². The number of halogens is 1. The van der Waals surface area contributed by atoms with E-state index in [1.165, 1.54) is 6.07 Å². The highest BCUT2D eigenvalue weighted by molar-refractivity contribution is 5.25. The fourth-order valence-electron chi connectivity index (χ4n) is 2.92. The van der Waals surface area contributed by atoms with Crippen LogP contribution in [0.25, 0.3) is 0 Å². The van der Waals surface area contributed by atoms with E-state index in [9.17, 15) is 9.50 Å². The van der Waals surface area contributed by atoms with Crippen LogP contribution in [-0.4, -0.2) is 17.7 Å². The maximum Gasteiger partial charge on any atom is 0.126 e. The Morgan fingerprint density at radius 2 is 1.71 bits per heavy atom. The summed E-state index contributed by atoms with van der Waals surface area (Å²) in [4.78, 5) is 0. The van der Waals surface area contributed by atoms with Gasteiger partial charge in [-0.25, -0.2) is 4.39 Å². The molecule has 1 aliphatic rings. The highest BCUT2D eigenvalue weighted by Gasteiger charge is 2.31. The molecule has 1 fully saturated rings. The number of hydrogen-bond donors (Lipinski definition) is 2. The van der Waals surface area contributed by atoms with E-state index in [1.54, 1.807) is 6.07 Å². The zero-order valence-corrected chi connectivity index (χ0v) is 11.9. The van der Waals surface area contributed by atoms with E-state index in [0.29, 0.717) is 18.5 Å². The molecule has 3 rings (SSSR count). The van der Waals surface area contributed by atoms with Crippen LogP contribution in [0.1, 0.15) is 36.0 Å². The van der Waals surface area contributed by atoms with Crippen LogP contribution in [0.2, 0.25) is 0 Å². The van der Waals surface area contributed by atoms with Crippen LogP contribution in [0.3, 0.4) is 0 Å². The van der Waals surface area contributed by atoms with Crippen molar-refractivity contribution in [2.75, 3.05) is 6.54 Å². The van der Waals surface area contributed by atoms with Gasteiger partial charge in [-0.05, 0) is 36.0 Å². The van der Waals surface area contributed by atoms with Crippen LogP contribution in [0, 0.1) is 5.82 Å². The molecule has 2 aromatic rings. The minimum Gasteiger partial charge on any atom is -0.387 e. The number of aliphatic hydroxyl groups excluding tert-OH is 1. The number of aliphatic hydroxyl groups is 1. The third-order valence-electron chi connectivity index (χ3n) is 4.27. The second kappa shape index (κ2) is 6.37. The Labute approximate surface area is 124 Å². The number of hydrogen-bond acceptors (Lipinski definition) is 2. The summed E-state index contributed by atoms with van der Waals surface area (Å²) in [6.07, 6.45) is 1.38. The maximum absolute atomic E-state index is 13.7. The van der Waals surface area contributed by atoms with Gasteiger partial charge in [-0.15, -0.1) is 0 Å². The lowest BCUT2D eigenvalue weighted by Crippen LogP contribution is -2.42. The van der Waals surface area contributed by atoms with Gasteiger partial charge in [-0.2, -0.15) is 0 Å². The van der Waals surface area contributed by atoms with Gasteiger partial charge in [0.25, 0.3) is 0 Å². The third-order valence-corrected chi connectivity index (χ3v) is 4.27. The van der Waals surface area contributed by atoms with E-state index in [-0.39, 0.29) is 5.82 Å². The molecule has 0 aromatic heterocycles. The fourth-order valence-corrected chi connectivity index (χ4v) is 2.92. The molecule has 0 saturated heterocycles. The maximum atomic E-state index is 13.7. The molecule has 0 heterocycles. The minimum atomic E-state index is -0.487. The Morgan fingerprint density at radius 1 is 1.05 bits per heavy atom. The Hall–Kier alpha value is -1.71. The molecule has 1 unspecified atom stereocenters. The van der Waals surface area contributed by atoms with Crippen molar-refractivity contribution in [3.63, 3.8) is 0 Å². The van der Waals surface area contributed by atoms with Gasteiger partial charge in [0.1, 0.15) is 5.82 Å². The molecule has 0 radical (unpaired) electrons. The van der Waals surface area contributed by atoms with E-state index >= 15 is 0 Å². The first kappa shape index (κ1) is 14.2. The van der Waals surface area contributed by atoms with E-state index in [0.717, 1.165) is 24.0 Å². The van der Waals surface area contributed by atoms with Gasteiger partial charge in [-0.3, -0.25) is 0 Å². The summed E-state index contributed by atoms with van der Waals surface area (Å²) < 4.78 is 13.7. The molecule has 110 valence electrons. The number of rotatable bonds is 5. The van der Waals surface area contributed by atoms with Gasteiger partial charge in [0.15, 0.2) is 0 Å². The van der Waals surface area contributed by atoms with Gasteiger partial charge in [-0.1, -0.05) is 48.5 Å². The van der Waals surface area contributed by atoms with Gasteiger partial charge >= 0.3 is 0 Å². The van der Waals surface area contributed by atoms with Crippen molar-refractivity contribution in [3.05, 3.63) is 71.5 Å². The van der Waals surface area contributed by atoms with Crippen LogP contribution < -0.4 is 5.32 Å². The van der Waals surface area contributed by atoms with Crippen molar-refractivity contribution in [1.29, 1.82) is 0 Å². The average Bonchev–Trinajstić information content (AvgIpc) is 2.48. The van der Waals surface area contributed by atoms with Crippen molar-refractivity contribution < 1.29 is 9.50 Å². The summed E-state index contributed by atoms with van der Waals surface area (Å²) >= 11 is 0. The number of benzene rings is 2. The number of nitrogens with one attached hydrogen (secondary N) is 1. The van der Waals surface area contributed by atoms with Crippen LogP contribution in [0.15, 0.2) is 54.6 Å². The third kappa shape index (κ3) is 3.31. The predicted octanol–water partition coefficient (Wildman–Crippen LogP) is 3.39. The first-order chi connectivity index (χ1) is 10.2.